The van der Waals surface area contributed by atoms with Gasteiger partial charge in [0.25, 0.3) is 5.91 Å². The van der Waals surface area contributed by atoms with Crippen LogP contribution in [-0.4, -0.2) is 73.3 Å². The highest BCUT2D eigenvalue weighted by molar-refractivity contribution is 5.99. The smallest absolute Gasteiger partial charge is 0.410 e. The molecule has 154 valence electrons. The summed E-state index contributed by atoms with van der Waals surface area (Å²) in [7, 11) is 1.81. The fourth-order valence-corrected chi connectivity index (χ4v) is 3.61. The van der Waals surface area contributed by atoms with Crippen LogP contribution >= 0.6 is 0 Å². The molecule has 3 N–H and O–H groups in total. The van der Waals surface area contributed by atoms with E-state index in [-0.39, 0.29) is 18.0 Å². The van der Waals surface area contributed by atoms with E-state index in [2.05, 4.69) is 5.32 Å². The molecule has 1 saturated heterocycles. The number of benzene rings is 1. The SMILES string of the molecule is CNc1cc2c(cc1N)C(=O)N(C[C@H]1COCCN1C(=O)OC(C)(C)C)CC2. The summed E-state index contributed by atoms with van der Waals surface area (Å²) in [6.45, 7) is 7.84. The van der Waals surface area contributed by atoms with Crippen LogP contribution < -0.4 is 11.1 Å². The van der Waals surface area contributed by atoms with E-state index in [1.807, 2.05) is 33.9 Å². The number of fused-ring (bicyclic) bond motifs is 1. The minimum atomic E-state index is -0.567. The zero-order valence-electron chi connectivity index (χ0n) is 17.1. The minimum Gasteiger partial charge on any atom is -0.444 e. The van der Waals surface area contributed by atoms with Crippen molar-refractivity contribution in [2.24, 2.45) is 0 Å². The Kier molecular flexibility index (Phi) is 5.69. The maximum absolute atomic E-state index is 13.0. The second-order valence-electron chi connectivity index (χ2n) is 8.25. The Bertz CT molecular complexity index is 759. The van der Waals surface area contributed by atoms with Crippen molar-refractivity contribution in [2.75, 3.05) is 50.9 Å². The monoisotopic (exact) mass is 390 g/mol. The number of nitrogens with zero attached hydrogens (tertiary/aromatic N) is 2. The van der Waals surface area contributed by atoms with Gasteiger partial charge >= 0.3 is 6.09 Å². The van der Waals surface area contributed by atoms with Gasteiger partial charge in [-0.05, 0) is 44.9 Å². The van der Waals surface area contributed by atoms with Crippen molar-refractivity contribution < 1.29 is 19.1 Å². The van der Waals surface area contributed by atoms with E-state index in [0.717, 1.165) is 17.7 Å². The Balaban J connectivity index is 1.74. The first-order valence-electron chi connectivity index (χ1n) is 9.66. The topological polar surface area (TPSA) is 97.1 Å². The maximum Gasteiger partial charge on any atom is 0.410 e. The number of amides is 2. The highest BCUT2D eigenvalue weighted by Gasteiger charge is 2.35. The molecule has 2 aliphatic rings. The number of carbonyl (C=O) groups is 2. The van der Waals surface area contributed by atoms with E-state index in [1.54, 1.807) is 15.9 Å². The molecule has 1 atom stereocenters. The minimum absolute atomic E-state index is 0.0645. The zero-order valence-corrected chi connectivity index (χ0v) is 17.1. The van der Waals surface area contributed by atoms with E-state index in [1.165, 1.54) is 0 Å². The summed E-state index contributed by atoms with van der Waals surface area (Å²) in [5.74, 6) is -0.0645. The number of hydrogen-bond acceptors (Lipinski definition) is 6. The van der Waals surface area contributed by atoms with Crippen molar-refractivity contribution in [3.8, 4) is 0 Å². The summed E-state index contributed by atoms with van der Waals surface area (Å²) < 4.78 is 11.1. The van der Waals surface area contributed by atoms with Gasteiger partial charge in [0, 0.05) is 32.2 Å². The average Bonchev–Trinajstić information content (AvgIpc) is 2.63. The van der Waals surface area contributed by atoms with Crippen LogP contribution in [0.25, 0.3) is 0 Å². The molecule has 8 nitrogen and oxygen atoms in total. The van der Waals surface area contributed by atoms with Crippen molar-refractivity contribution in [2.45, 2.75) is 38.8 Å². The van der Waals surface area contributed by atoms with Crippen LogP contribution in [0.1, 0.15) is 36.7 Å². The highest BCUT2D eigenvalue weighted by atomic mass is 16.6. The Labute approximate surface area is 165 Å². The number of carbonyl (C=O) groups excluding carboxylic acids is 2. The molecular formula is C20H30N4O4. The third kappa shape index (κ3) is 4.32. The van der Waals surface area contributed by atoms with Crippen molar-refractivity contribution in [1.29, 1.82) is 0 Å². The second kappa shape index (κ2) is 7.87. The molecule has 2 aliphatic heterocycles. The lowest BCUT2D eigenvalue weighted by Crippen LogP contribution is -2.56. The van der Waals surface area contributed by atoms with Crippen molar-refractivity contribution in [3.05, 3.63) is 23.3 Å². The van der Waals surface area contributed by atoms with Gasteiger partial charge in [-0.15, -0.1) is 0 Å². The Morgan fingerprint density at radius 2 is 2.11 bits per heavy atom. The van der Waals surface area contributed by atoms with Crippen LogP contribution in [-0.2, 0) is 15.9 Å². The number of nitrogen functional groups attached to an aromatic ring is 1. The third-order valence-corrected chi connectivity index (χ3v) is 5.00. The number of nitrogens with two attached hydrogens (primary N) is 1. The van der Waals surface area contributed by atoms with E-state index >= 15 is 0 Å². The molecule has 0 saturated carbocycles. The van der Waals surface area contributed by atoms with Gasteiger partial charge in [-0.2, -0.15) is 0 Å². The van der Waals surface area contributed by atoms with E-state index in [0.29, 0.717) is 44.1 Å². The molecule has 0 spiro atoms. The molecule has 28 heavy (non-hydrogen) atoms. The molecule has 2 heterocycles. The van der Waals surface area contributed by atoms with Crippen molar-refractivity contribution >= 4 is 23.4 Å². The van der Waals surface area contributed by atoms with Gasteiger partial charge < -0.3 is 25.4 Å². The van der Waals surface area contributed by atoms with Gasteiger partial charge in [0.15, 0.2) is 0 Å². The maximum atomic E-state index is 13.0. The zero-order chi connectivity index (χ0) is 20.5. The van der Waals surface area contributed by atoms with Crippen LogP contribution in [0.2, 0.25) is 0 Å². The lowest BCUT2D eigenvalue weighted by atomic mass is 9.96. The van der Waals surface area contributed by atoms with Crippen LogP contribution in [0.5, 0.6) is 0 Å². The van der Waals surface area contributed by atoms with Crippen LogP contribution in [0.15, 0.2) is 12.1 Å². The summed E-state index contributed by atoms with van der Waals surface area (Å²) in [4.78, 5) is 29.1. The van der Waals surface area contributed by atoms with Gasteiger partial charge in [0.2, 0.25) is 0 Å². The first-order valence-corrected chi connectivity index (χ1v) is 9.66. The predicted octanol–water partition coefficient (Wildman–Crippen LogP) is 1.94. The fraction of sp³-hybridized carbons (Fsp3) is 0.600. The van der Waals surface area contributed by atoms with Crippen molar-refractivity contribution in [1.82, 2.24) is 9.80 Å². The standard InChI is InChI=1S/C20H30N4O4/c1-20(2,3)28-19(26)24-7-8-27-12-14(24)11-23-6-5-13-9-17(22-4)16(21)10-15(13)18(23)25/h9-10,14,22H,5-8,11-12,21H2,1-4H3/t14-/m0/s1. The molecule has 3 rings (SSSR count). The first kappa shape index (κ1) is 20.3. The number of anilines is 2. The van der Waals surface area contributed by atoms with Crippen molar-refractivity contribution in [3.63, 3.8) is 0 Å². The lowest BCUT2D eigenvalue weighted by molar-refractivity contribution is -0.0382. The largest absolute Gasteiger partial charge is 0.444 e. The molecule has 1 aromatic rings. The molecule has 2 amide bonds. The van der Waals surface area contributed by atoms with Crippen LogP contribution in [0.4, 0.5) is 16.2 Å². The summed E-state index contributed by atoms with van der Waals surface area (Å²) in [5.41, 5.74) is 8.47. The van der Waals surface area contributed by atoms with Gasteiger partial charge in [-0.3, -0.25) is 9.69 Å². The van der Waals surface area contributed by atoms with E-state index < -0.39 is 5.60 Å². The van der Waals surface area contributed by atoms with E-state index in [9.17, 15) is 9.59 Å². The molecule has 0 radical (unpaired) electrons. The second-order valence-corrected chi connectivity index (χ2v) is 8.25. The highest BCUT2D eigenvalue weighted by Crippen LogP contribution is 2.28. The number of morpholine rings is 1. The summed E-state index contributed by atoms with van der Waals surface area (Å²) in [5, 5.41) is 3.05. The summed E-state index contributed by atoms with van der Waals surface area (Å²) in [6.07, 6.45) is 0.379. The number of rotatable bonds is 3. The number of hydrogen-bond donors (Lipinski definition) is 2. The molecule has 1 fully saturated rings. The molecular weight excluding hydrogens is 360 g/mol. The van der Waals surface area contributed by atoms with Gasteiger partial charge in [-0.1, -0.05) is 0 Å². The average molecular weight is 390 g/mol. The fourth-order valence-electron chi connectivity index (χ4n) is 3.61. The summed E-state index contributed by atoms with van der Waals surface area (Å²) >= 11 is 0. The third-order valence-electron chi connectivity index (χ3n) is 5.00. The van der Waals surface area contributed by atoms with Gasteiger partial charge in [-0.25, -0.2) is 4.79 Å². The molecule has 8 heteroatoms. The number of nitrogens with one attached hydrogen (secondary N) is 1. The molecule has 0 unspecified atom stereocenters. The Hall–Kier alpha value is -2.48. The van der Waals surface area contributed by atoms with Gasteiger partial charge in [0.05, 0.1) is 30.6 Å². The molecule has 1 aromatic carbocycles. The number of ether oxygens (including phenoxy) is 2. The van der Waals surface area contributed by atoms with Gasteiger partial charge in [0.1, 0.15) is 5.60 Å². The van der Waals surface area contributed by atoms with Crippen LogP contribution in [0.3, 0.4) is 0 Å². The lowest BCUT2D eigenvalue weighted by Gasteiger charge is -2.40. The molecule has 0 aliphatic carbocycles. The summed E-state index contributed by atoms with van der Waals surface area (Å²) in [6, 6.07) is 3.44. The first-order chi connectivity index (χ1) is 13.2. The predicted molar refractivity (Wildman–Crippen MR) is 108 cm³/mol. The Morgan fingerprint density at radius 1 is 1.36 bits per heavy atom. The van der Waals surface area contributed by atoms with E-state index in [4.69, 9.17) is 15.2 Å². The molecule has 0 bridgehead atoms. The normalized spacial score (nSPS) is 20.0. The Morgan fingerprint density at radius 3 is 2.79 bits per heavy atom. The quantitative estimate of drug-likeness (QED) is 0.766. The van der Waals surface area contributed by atoms with Crippen LogP contribution in [0, 0.1) is 0 Å². The molecule has 0 aromatic heterocycles.